The topological polar surface area (TPSA) is 32.3 Å². The molecule has 3 heteroatoms. The molecule has 3 rings (SSSR count). The van der Waals surface area contributed by atoms with E-state index in [2.05, 4.69) is 29.6 Å². The maximum absolute atomic E-state index is 9.06. The largest absolute Gasteiger partial charge is 0.392 e. The van der Waals surface area contributed by atoms with Crippen LogP contribution in [0, 0.1) is 0 Å². The molecule has 0 aromatic heterocycles. The molecular formula is C16H17NOS. The van der Waals surface area contributed by atoms with Crippen LogP contribution < -0.4 is 5.32 Å². The summed E-state index contributed by atoms with van der Waals surface area (Å²) in [5.41, 5.74) is 3.46. The van der Waals surface area contributed by atoms with Gasteiger partial charge in [0.2, 0.25) is 0 Å². The van der Waals surface area contributed by atoms with Crippen molar-refractivity contribution in [3.63, 3.8) is 0 Å². The Balaban J connectivity index is 1.80. The Hall–Kier alpha value is -1.45. The van der Waals surface area contributed by atoms with Gasteiger partial charge in [0.1, 0.15) is 0 Å². The number of hydrogen-bond donors (Lipinski definition) is 2. The molecule has 0 amide bonds. The normalized spacial score (nSPS) is 17.8. The zero-order valence-electron chi connectivity index (χ0n) is 10.7. The van der Waals surface area contributed by atoms with Gasteiger partial charge < -0.3 is 10.4 Å². The SMILES string of the molecule is OCc1ccc(NC2CCSc3ccccc32)cc1. The van der Waals surface area contributed by atoms with Gasteiger partial charge >= 0.3 is 0 Å². The van der Waals surface area contributed by atoms with Crippen LogP contribution in [0.25, 0.3) is 0 Å². The Morgan fingerprint density at radius 3 is 2.68 bits per heavy atom. The van der Waals surface area contributed by atoms with Crippen molar-refractivity contribution in [1.29, 1.82) is 0 Å². The van der Waals surface area contributed by atoms with Crippen LogP contribution >= 0.6 is 11.8 Å². The van der Waals surface area contributed by atoms with Gasteiger partial charge in [0.25, 0.3) is 0 Å². The molecule has 0 fully saturated rings. The van der Waals surface area contributed by atoms with Gasteiger partial charge in [-0.05, 0) is 35.7 Å². The number of anilines is 1. The maximum Gasteiger partial charge on any atom is 0.0681 e. The summed E-state index contributed by atoms with van der Waals surface area (Å²) in [6.07, 6.45) is 1.14. The first-order chi connectivity index (χ1) is 9.36. The molecule has 1 heterocycles. The van der Waals surface area contributed by atoms with Crippen molar-refractivity contribution in [2.75, 3.05) is 11.1 Å². The lowest BCUT2D eigenvalue weighted by Crippen LogP contribution is -2.15. The highest BCUT2D eigenvalue weighted by atomic mass is 32.2. The molecule has 1 aliphatic rings. The van der Waals surface area contributed by atoms with E-state index in [0.29, 0.717) is 6.04 Å². The fraction of sp³-hybridized carbons (Fsp3) is 0.250. The Kier molecular flexibility index (Phi) is 3.76. The predicted molar refractivity (Wildman–Crippen MR) is 80.5 cm³/mol. The second-order valence-electron chi connectivity index (χ2n) is 4.73. The number of thioether (sulfide) groups is 1. The van der Waals surface area contributed by atoms with E-state index in [1.54, 1.807) is 0 Å². The number of nitrogens with one attached hydrogen (secondary N) is 1. The van der Waals surface area contributed by atoms with Crippen molar-refractivity contribution >= 4 is 17.4 Å². The van der Waals surface area contributed by atoms with E-state index < -0.39 is 0 Å². The predicted octanol–water partition coefficient (Wildman–Crippen LogP) is 3.83. The average molecular weight is 271 g/mol. The Bertz CT molecular complexity index is 553. The minimum absolute atomic E-state index is 0.100. The van der Waals surface area contributed by atoms with E-state index in [1.807, 2.05) is 36.0 Å². The van der Waals surface area contributed by atoms with E-state index in [9.17, 15) is 0 Å². The Labute approximate surface area is 117 Å². The number of benzene rings is 2. The summed E-state index contributed by atoms with van der Waals surface area (Å²) in [5, 5.41) is 12.7. The van der Waals surface area contributed by atoms with Crippen LogP contribution in [0.1, 0.15) is 23.6 Å². The van der Waals surface area contributed by atoms with Crippen LogP contribution in [-0.2, 0) is 6.61 Å². The molecule has 2 aromatic rings. The van der Waals surface area contributed by atoms with Gasteiger partial charge in [-0.1, -0.05) is 30.3 Å². The first-order valence-corrected chi connectivity index (χ1v) is 7.53. The van der Waals surface area contributed by atoms with Crippen molar-refractivity contribution in [2.45, 2.75) is 24.0 Å². The molecule has 2 nitrogen and oxygen atoms in total. The van der Waals surface area contributed by atoms with Crippen LogP contribution in [0.2, 0.25) is 0 Å². The van der Waals surface area contributed by atoms with E-state index in [-0.39, 0.29) is 6.61 Å². The molecule has 98 valence electrons. The molecule has 1 atom stereocenters. The van der Waals surface area contributed by atoms with Gasteiger partial charge in [-0.15, -0.1) is 11.8 Å². The molecule has 1 unspecified atom stereocenters. The van der Waals surface area contributed by atoms with Gasteiger partial charge in [-0.25, -0.2) is 0 Å². The molecule has 0 radical (unpaired) electrons. The highest BCUT2D eigenvalue weighted by Gasteiger charge is 2.19. The van der Waals surface area contributed by atoms with Gasteiger partial charge in [0.15, 0.2) is 0 Å². The van der Waals surface area contributed by atoms with Crippen molar-refractivity contribution in [2.24, 2.45) is 0 Å². The monoisotopic (exact) mass is 271 g/mol. The third kappa shape index (κ3) is 2.77. The quantitative estimate of drug-likeness (QED) is 0.890. The molecule has 0 saturated heterocycles. The van der Waals surface area contributed by atoms with Crippen LogP contribution in [0.15, 0.2) is 53.4 Å². The highest BCUT2D eigenvalue weighted by Crippen LogP contribution is 2.37. The van der Waals surface area contributed by atoms with E-state index in [0.717, 1.165) is 23.4 Å². The van der Waals surface area contributed by atoms with E-state index in [4.69, 9.17) is 5.11 Å². The Morgan fingerprint density at radius 1 is 1.11 bits per heavy atom. The summed E-state index contributed by atoms with van der Waals surface area (Å²) < 4.78 is 0. The molecule has 0 aliphatic carbocycles. The number of aliphatic hydroxyl groups excluding tert-OH is 1. The smallest absolute Gasteiger partial charge is 0.0681 e. The van der Waals surface area contributed by atoms with Crippen molar-refractivity contribution < 1.29 is 5.11 Å². The minimum Gasteiger partial charge on any atom is -0.392 e. The third-order valence-electron chi connectivity index (χ3n) is 3.44. The molecule has 2 aromatic carbocycles. The first kappa shape index (κ1) is 12.6. The van der Waals surface area contributed by atoms with Gasteiger partial charge in [-0.2, -0.15) is 0 Å². The van der Waals surface area contributed by atoms with E-state index in [1.165, 1.54) is 10.5 Å². The van der Waals surface area contributed by atoms with Gasteiger partial charge in [0.05, 0.1) is 12.6 Å². The van der Waals surface area contributed by atoms with E-state index >= 15 is 0 Å². The number of hydrogen-bond acceptors (Lipinski definition) is 3. The summed E-state index contributed by atoms with van der Waals surface area (Å²) in [4.78, 5) is 1.39. The summed E-state index contributed by atoms with van der Waals surface area (Å²) in [6.45, 7) is 0.100. The maximum atomic E-state index is 9.06. The molecule has 19 heavy (non-hydrogen) atoms. The van der Waals surface area contributed by atoms with Crippen LogP contribution in [-0.4, -0.2) is 10.9 Å². The molecule has 0 spiro atoms. The van der Waals surface area contributed by atoms with Crippen LogP contribution in [0.4, 0.5) is 5.69 Å². The third-order valence-corrected chi connectivity index (χ3v) is 4.56. The van der Waals surface area contributed by atoms with Crippen molar-refractivity contribution in [3.05, 3.63) is 59.7 Å². The lowest BCUT2D eigenvalue weighted by atomic mass is 10.0. The molecule has 1 aliphatic heterocycles. The fourth-order valence-electron chi connectivity index (χ4n) is 2.40. The Morgan fingerprint density at radius 2 is 1.89 bits per heavy atom. The molecule has 0 bridgehead atoms. The lowest BCUT2D eigenvalue weighted by molar-refractivity contribution is 0.282. The summed E-state index contributed by atoms with van der Waals surface area (Å²) in [7, 11) is 0. The lowest BCUT2D eigenvalue weighted by Gasteiger charge is -2.26. The molecule has 0 saturated carbocycles. The van der Waals surface area contributed by atoms with Crippen molar-refractivity contribution in [3.8, 4) is 0 Å². The average Bonchev–Trinajstić information content (AvgIpc) is 2.48. The highest BCUT2D eigenvalue weighted by molar-refractivity contribution is 7.99. The van der Waals surface area contributed by atoms with Gasteiger partial charge in [0, 0.05) is 16.3 Å². The zero-order chi connectivity index (χ0) is 13.1. The standard InChI is InChI=1S/C16H17NOS/c18-11-12-5-7-13(8-6-12)17-15-9-10-19-16-4-2-1-3-14(15)16/h1-8,15,17-18H,9-11H2. The summed E-state index contributed by atoms with van der Waals surface area (Å²) in [6, 6.07) is 17.0. The number of fused-ring (bicyclic) bond motifs is 1. The van der Waals surface area contributed by atoms with Crippen LogP contribution in [0.3, 0.4) is 0 Å². The molecular weight excluding hydrogens is 254 g/mol. The fourth-order valence-corrected chi connectivity index (χ4v) is 3.52. The second-order valence-corrected chi connectivity index (χ2v) is 5.86. The minimum atomic E-state index is 0.100. The first-order valence-electron chi connectivity index (χ1n) is 6.55. The molecule has 2 N–H and O–H groups in total. The van der Waals surface area contributed by atoms with Crippen molar-refractivity contribution in [1.82, 2.24) is 0 Å². The van der Waals surface area contributed by atoms with Gasteiger partial charge in [-0.3, -0.25) is 0 Å². The number of rotatable bonds is 3. The van der Waals surface area contributed by atoms with Crippen LogP contribution in [0.5, 0.6) is 0 Å². The summed E-state index contributed by atoms with van der Waals surface area (Å²) >= 11 is 1.94. The zero-order valence-corrected chi connectivity index (χ0v) is 11.5. The number of aliphatic hydroxyl groups is 1. The second kappa shape index (κ2) is 5.68. The summed E-state index contributed by atoms with van der Waals surface area (Å²) in [5.74, 6) is 1.16.